The van der Waals surface area contributed by atoms with Gasteiger partial charge in [-0.05, 0) is 57.4 Å². The summed E-state index contributed by atoms with van der Waals surface area (Å²) in [6, 6.07) is 14.5. The normalized spacial score (nSPS) is 17.8. The van der Waals surface area contributed by atoms with Crippen LogP contribution in [0, 0.1) is 0 Å². The number of benzene rings is 2. The highest BCUT2D eigenvalue weighted by molar-refractivity contribution is 6.62. The topological polar surface area (TPSA) is 54.0 Å². The highest BCUT2D eigenvalue weighted by Gasteiger charge is 2.51. The summed E-state index contributed by atoms with van der Waals surface area (Å²) >= 11 is 0. The fourth-order valence-electron chi connectivity index (χ4n) is 2.64. The Kier molecular flexibility index (Phi) is 4.82. The van der Waals surface area contributed by atoms with Gasteiger partial charge in [0.25, 0.3) is 0 Å². The molecule has 1 aliphatic rings. The van der Waals surface area contributed by atoms with Gasteiger partial charge in [0.05, 0.1) is 18.3 Å². The van der Waals surface area contributed by atoms with E-state index < -0.39 is 24.3 Å². The molecule has 3 rings (SSSR count). The number of hydrogen-bond acceptors (Lipinski definition) is 5. The van der Waals surface area contributed by atoms with Gasteiger partial charge in [-0.2, -0.15) is 0 Å². The quantitative estimate of drug-likeness (QED) is 0.621. The largest absolute Gasteiger partial charge is 0.494 e. The van der Waals surface area contributed by atoms with E-state index in [9.17, 15) is 4.79 Å². The molecule has 1 fully saturated rings. The molecule has 5 nitrogen and oxygen atoms in total. The second kappa shape index (κ2) is 6.78. The maximum Gasteiger partial charge on any atom is 0.494 e. The number of para-hydroxylation sites is 1. The van der Waals surface area contributed by atoms with E-state index in [4.69, 9.17) is 18.8 Å². The number of hydrogen-bond donors (Lipinski definition) is 0. The number of methoxy groups -OCH3 is 1. The van der Waals surface area contributed by atoms with Crippen LogP contribution in [0.3, 0.4) is 0 Å². The summed E-state index contributed by atoms with van der Waals surface area (Å²) in [5, 5.41) is 0. The number of rotatable bonds is 4. The molecule has 0 saturated carbocycles. The Morgan fingerprint density at radius 1 is 0.962 bits per heavy atom. The van der Waals surface area contributed by atoms with E-state index in [0.717, 1.165) is 5.46 Å². The molecule has 2 aromatic rings. The molecule has 0 bridgehead atoms. The first-order valence-corrected chi connectivity index (χ1v) is 8.54. The highest BCUT2D eigenvalue weighted by atomic mass is 16.7. The van der Waals surface area contributed by atoms with Crippen LogP contribution < -0.4 is 10.2 Å². The van der Waals surface area contributed by atoms with Crippen molar-refractivity contribution in [3.05, 3.63) is 54.1 Å². The average Bonchev–Trinajstić information content (AvgIpc) is 2.83. The predicted octanol–water partition coefficient (Wildman–Crippen LogP) is 3.56. The van der Waals surface area contributed by atoms with Gasteiger partial charge in [0.2, 0.25) is 0 Å². The molecule has 0 aliphatic carbocycles. The lowest BCUT2D eigenvalue weighted by Crippen LogP contribution is -2.41. The number of esters is 1. The zero-order valence-corrected chi connectivity index (χ0v) is 15.7. The van der Waals surface area contributed by atoms with E-state index in [0.29, 0.717) is 17.1 Å². The minimum Gasteiger partial charge on any atom is -0.465 e. The zero-order valence-electron chi connectivity index (χ0n) is 15.7. The van der Waals surface area contributed by atoms with Crippen molar-refractivity contribution in [2.45, 2.75) is 38.9 Å². The molecule has 0 aromatic heterocycles. The summed E-state index contributed by atoms with van der Waals surface area (Å²) in [6.45, 7) is 7.99. The van der Waals surface area contributed by atoms with Gasteiger partial charge in [-0.15, -0.1) is 0 Å². The molecule has 0 radical (unpaired) electrons. The van der Waals surface area contributed by atoms with Crippen LogP contribution >= 0.6 is 0 Å². The molecule has 26 heavy (non-hydrogen) atoms. The van der Waals surface area contributed by atoms with Crippen molar-refractivity contribution in [3.8, 4) is 11.5 Å². The lowest BCUT2D eigenvalue weighted by Gasteiger charge is -2.32. The van der Waals surface area contributed by atoms with E-state index >= 15 is 0 Å². The van der Waals surface area contributed by atoms with E-state index in [1.54, 1.807) is 18.2 Å². The summed E-state index contributed by atoms with van der Waals surface area (Å²) in [6.07, 6.45) is 0. The first-order chi connectivity index (χ1) is 12.2. The van der Waals surface area contributed by atoms with Crippen molar-refractivity contribution < 1.29 is 23.6 Å². The third-order valence-electron chi connectivity index (χ3n) is 4.91. The Labute approximate surface area is 154 Å². The predicted molar refractivity (Wildman–Crippen MR) is 100 cm³/mol. The van der Waals surface area contributed by atoms with E-state index in [1.165, 1.54) is 7.11 Å². The van der Waals surface area contributed by atoms with Crippen LogP contribution in [0.2, 0.25) is 0 Å². The van der Waals surface area contributed by atoms with Crippen molar-refractivity contribution in [1.29, 1.82) is 0 Å². The Morgan fingerprint density at radius 3 is 2.15 bits per heavy atom. The molecule has 0 unspecified atom stereocenters. The van der Waals surface area contributed by atoms with Crippen molar-refractivity contribution in [2.24, 2.45) is 0 Å². The molecule has 1 heterocycles. The Bertz CT molecular complexity index is 785. The fourth-order valence-corrected chi connectivity index (χ4v) is 2.64. The number of carbonyl (C=O) groups is 1. The van der Waals surface area contributed by atoms with Gasteiger partial charge in [0.15, 0.2) is 0 Å². The molecule has 1 aliphatic heterocycles. The van der Waals surface area contributed by atoms with Crippen molar-refractivity contribution in [3.63, 3.8) is 0 Å². The lowest BCUT2D eigenvalue weighted by molar-refractivity contribution is 0.00578. The number of carbonyl (C=O) groups excluding carboxylic acids is 1. The SMILES string of the molecule is COC(=O)c1ccc(B2OC(C)(C)C(C)(C)O2)cc1Oc1ccccc1. The van der Waals surface area contributed by atoms with E-state index in [-0.39, 0.29) is 0 Å². The standard InChI is InChI=1S/C20H23BO5/c1-19(2)20(3,4)26-21(25-19)14-11-12-16(18(22)23-5)17(13-14)24-15-9-7-6-8-10-15/h6-13H,1-5H3. The fraction of sp³-hybridized carbons (Fsp3) is 0.350. The van der Waals surface area contributed by atoms with Crippen LogP contribution in [0.5, 0.6) is 11.5 Å². The Hall–Kier alpha value is -2.31. The van der Waals surface area contributed by atoms with Crippen molar-refractivity contribution in [2.75, 3.05) is 7.11 Å². The van der Waals surface area contributed by atoms with Gasteiger partial charge in [-0.3, -0.25) is 0 Å². The first kappa shape index (κ1) is 18.5. The molecule has 6 heteroatoms. The average molecular weight is 354 g/mol. The van der Waals surface area contributed by atoms with E-state index in [1.807, 2.05) is 58.0 Å². The molecular weight excluding hydrogens is 331 g/mol. The van der Waals surface area contributed by atoms with Crippen LogP contribution in [0.15, 0.2) is 48.5 Å². The van der Waals surface area contributed by atoms with Gasteiger partial charge in [0, 0.05) is 0 Å². The van der Waals surface area contributed by atoms with Crippen molar-refractivity contribution in [1.82, 2.24) is 0 Å². The van der Waals surface area contributed by atoms with Gasteiger partial charge >= 0.3 is 13.1 Å². The van der Waals surface area contributed by atoms with Crippen molar-refractivity contribution >= 4 is 18.6 Å². The molecule has 0 spiro atoms. The second-order valence-corrected chi connectivity index (χ2v) is 7.25. The van der Waals surface area contributed by atoms with E-state index in [2.05, 4.69) is 0 Å². The van der Waals surface area contributed by atoms with Crippen LogP contribution in [0.4, 0.5) is 0 Å². The maximum atomic E-state index is 12.1. The van der Waals surface area contributed by atoms with Crippen LogP contribution in [-0.4, -0.2) is 31.4 Å². The maximum absolute atomic E-state index is 12.1. The van der Waals surface area contributed by atoms with Crippen LogP contribution in [0.25, 0.3) is 0 Å². The molecular formula is C20H23BO5. The highest BCUT2D eigenvalue weighted by Crippen LogP contribution is 2.37. The van der Waals surface area contributed by atoms with Crippen LogP contribution in [0.1, 0.15) is 38.1 Å². The van der Waals surface area contributed by atoms with Gasteiger partial charge in [-0.25, -0.2) is 4.79 Å². The Balaban J connectivity index is 1.96. The molecule has 0 amide bonds. The minimum absolute atomic E-state index is 0.344. The first-order valence-electron chi connectivity index (χ1n) is 8.54. The minimum atomic E-state index is -0.537. The Morgan fingerprint density at radius 2 is 1.58 bits per heavy atom. The second-order valence-electron chi connectivity index (χ2n) is 7.25. The molecule has 2 aromatic carbocycles. The molecule has 0 atom stereocenters. The van der Waals surface area contributed by atoms with Crippen LogP contribution in [-0.2, 0) is 14.0 Å². The van der Waals surface area contributed by atoms with Gasteiger partial charge < -0.3 is 18.8 Å². The summed E-state index contributed by atoms with van der Waals surface area (Å²) in [4.78, 5) is 12.1. The zero-order chi connectivity index (χ0) is 18.9. The van der Waals surface area contributed by atoms with Gasteiger partial charge in [0.1, 0.15) is 17.1 Å². The lowest BCUT2D eigenvalue weighted by atomic mass is 9.78. The third-order valence-corrected chi connectivity index (χ3v) is 4.91. The summed E-state index contributed by atoms with van der Waals surface area (Å²) in [7, 11) is 0.807. The number of ether oxygens (including phenoxy) is 2. The molecule has 1 saturated heterocycles. The summed E-state index contributed by atoms with van der Waals surface area (Å²) in [5.41, 5.74) is 0.233. The molecule has 136 valence electrons. The third kappa shape index (κ3) is 3.48. The summed E-state index contributed by atoms with van der Waals surface area (Å²) < 4.78 is 23.0. The van der Waals surface area contributed by atoms with Gasteiger partial charge in [-0.1, -0.05) is 24.3 Å². The monoisotopic (exact) mass is 354 g/mol. The smallest absolute Gasteiger partial charge is 0.465 e. The molecule has 0 N–H and O–H groups in total. The summed E-state index contributed by atoms with van der Waals surface area (Å²) in [5.74, 6) is 0.565.